The van der Waals surface area contributed by atoms with E-state index in [-0.39, 0.29) is 0 Å². The average molecular weight is 411 g/mol. The number of ether oxygens (including phenoxy) is 2. The first-order valence-corrected chi connectivity index (χ1v) is 10.3. The van der Waals surface area contributed by atoms with Crippen molar-refractivity contribution in [2.75, 3.05) is 24.7 Å². The molecular weight excluding hydrogens is 392 g/mol. The van der Waals surface area contributed by atoms with Gasteiger partial charge in [0.1, 0.15) is 24.7 Å². The molecule has 0 atom stereocenters. The van der Waals surface area contributed by atoms with Gasteiger partial charge in [-0.25, -0.2) is 9.97 Å². The smallest absolute Gasteiger partial charge is 0.180 e. The Bertz CT molecular complexity index is 957. The Morgan fingerprint density at radius 1 is 0.643 bits per heavy atom. The monoisotopic (exact) mass is 410 g/mol. The van der Waals surface area contributed by atoms with Crippen LogP contribution in [0, 0.1) is 0 Å². The predicted molar refractivity (Wildman–Crippen MR) is 115 cm³/mol. The lowest BCUT2D eigenvalue weighted by Crippen LogP contribution is -2.08. The zero-order valence-electron chi connectivity index (χ0n) is 14.9. The molecule has 0 unspecified atom stereocenters. The molecule has 0 bridgehead atoms. The molecule has 4 N–H and O–H groups in total. The van der Waals surface area contributed by atoms with Gasteiger partial charge < -0.3 is 20.9 Å². The van der Waals surface area contributed by atoms with Crippen LogP contribution >= 0.6 is 22.7 Å². The minimum absolute atomic E-state index is 0.452. The van der Waals surface area contributed by atoms with E-state index in [1.165, 1.54) is 22.7 Å². The summed E-state index contributed by atoms with van der Waals surface area (Å²) in [5.74, 6) is 1.57. The molecule has 4 aromatic rings. The summed E-state index contributed by atoms with van der Waals surface area (Å²) in [5, 5.41) is 5.01. The van der Waals surface area contributed by atoms with E-state index < -0.39 is 0 Å². The second-order valence-corrected chi connectivity index (χ2v) is 7.67. The van der Waals surface area contributed by atoms with Crippen molar-refractivity contribution in [3.05, 3.63) is 59.3 Å². The number of thiazole rings is 2. The Kier molecular flexibility index (Phi) is 5.41. The summed E-state index contributed by atoms with van der Waals surface area (Å²) >= 11 is 2.86. The molecule has 0 saturated heterocycles. The maximum absolute atomic E-state index is 5.73. The number of hydrogen-bond acceptors (Lipinski definition) is 8. The third-order valence-electron chi connectivity index (χ3n) is 3.96. The fraction of sp³-hybridized carbons (Fsp3) is 0.100. The van der Waals surface area contributed by atoms with E-state index in [9.17, 15) is 0 Å². The molecule has 6 nitrogen and oxygen atoms in total. The van der Waals surface area contributed by atoms with Crippen molar-refractivity contribution in [2.24, 2.45) is 0 Å². The number of hydrogen-bond donors (Lipinski definition) is 2. The Morgan fingerprint density at radius 2 is 1.04 bits per heavy atom. The van der Waals surface area contributed by atoms with Gasteiger partial charge in [0.05, 0.1) is 11.4 Å². The van der Waals surface area contributed by atoms with Gasteiger partial charge in [-0.15, -0.1) is 22.7 Å². The predicted octanol–water partition coefficient (Wildman–Crippen LogP) is 4.56. The summed E-state index contributed by atoms with van der Waals surface area (Å²) in [6.07, 6.45) is 0. The molecule has 142 valence electrons. The molecule has 28 heavy (non-hydrogen) atoms. The van der Waals surface area contributed by atoms with Crippen LogP contribution in [-0.2, 0) is 0 Å². The quantitative estimate of drug-likeness (QED) is 0.434. The molecule has 2 aromatic carbocycles. The molecule has 0 fully saturated rings. The van der Waals surface area contributed by atoms with Crippen LogP contribution in [-0.4, -0.2) is 23.2 Å². The summed E-state index contributed by atoms with van der Waals surface area (Å²) < 4.78 is 11.5. The first-order valence-electron chi connectivity index (χ1n) is 8.56. The van der Waals surface area contributed by atoms with Gasteiger partial charge in [0.15, 0.2) is 10.3 Å². The number of anilines is 2. The van der Waals surface area contributed by atoms with Crippen molar-refractivity contribution >= 4 is 32.9 Å². The van der Waals surface area contributed by atoms with Crippen LogP contribution in [0.25, 0.3) is 22.5 Å². The van der Waals surface area contributed by atoms with Crippen molar-refractivity contribution in [2.45, 2.75) is 0 Å². The van der Waals surface area contributed by atoms with Crippen molar-refractivity contribution in [1.29, 1.82) is 0 Å². The lowest BCUT2D eigenvalue weighted by atomic mass is 10.2. The van der Waals surface area contributed by atoms with Crippen molar-refractivity contribution in [1.82, 2.24) is 9.97 Å². The van der Waals surface area contributed by atoms with E-state index in [0.717, 1.165) is 34.0 Å². The van der Waals surface area contributed by atoms with Crippen molar-refractivity contribution in [3.8, 4) is 34.0 Å². The molecule has 0 aliphatic carbocycles. The summed E-state index contributed by atoms with van der Waals surface area (Å²) in [6.45, 7) is 0.904. The van der Waals surface area contributed by atoms with E-state index in [1.807, 2.05) is 59.3 Å². The highest BCUT2D eigenvalue weighted by molar-refractivity contribution is 7.14. The summed E-state index contributed by atoms with van der Waals surface area (Å²) in [5.41, 5.74) is 15.1. The lowest BCUT2D eigenvalue weighted by Gasteiger charge is -2.09. The third kappa shape index (κ3) is 4.41. The second-order valence-electron chi connectivity index (χ2n) is 5.89. The van der Waals surface area contributed by atoms with E-state index in [2.05, 4.69) is 9.97 Å². The van der Waals surface area contributed by atoms with Crippen molar-refractivity contribution in [3.63, 3.8) is 0 Å². The van der Waals surface area contributed by atoms with E-state index >= 15 is 0 Å². The zero-order chi connectivity index (χ0) is 19.3. The number of aromatic nitrogens is 2. The molecule has 4 rings (SSSR count). The third-order valence-corrected chi connectivity index (χ3v) is 5.31. The van der Waals surface area contributed by atoms with Gasteiger partial charge in [-0.05, 0) is 48.5 Å². The number of benzene rings is 2. The van der Waals surface area contributed by atoms with E-state index in [4.69, 9.17) is 20.9 Å². The lowest BCUT2D eigenvalue weighted by molar-refractivity contribution is 0.217. The molecule has 8 heteroatoms. The minimum Gasteiger partial charge on any atom is -0.490 e. The largest absolute Gasteiger partial charge is 0.490 e. The molecule has 0 amide bonds. The molecule has 0 radical (unpaired) electrons. The number of rotatable bonds is 7. The highest BCUT2D eigenvalue weighted by Gasteiger charge is 2.04. The summed E-state index contributed by atoms with van der Waals surface area (Å²) in [6, 6.07) is 15.5. The van der Waals surface area contributed by atoms with Gasteiger partial charge >= 0.3 is 0 Å². The summed E-state index contributed by atoms with van der Waals surface area (Å²) in [7, 11) is 0. The Morgan fingerprint density at radius 3 is 1.36 bits per heavy atom. The van der Waals surface area contributed by atoms with Gasteiger partial charge in [-0.1, -0.05) is 0 Å². The zero-order valence-corrected chi connectivity index (χ0v) is 16.5. The van der Waals surface area contributed by atoms with Gasteiger partial charge in [0, 0.05) is 21.9 Å². The van der Waals surface area contributed by atoms with Crippen LogP contribution in [0.5, 0.6) is 11.5 Å². The number of nitrogens with zero attached hydrogens (tertiary/aromatic N) is 2. The number of nitrogen functional groups attached to an aromatic ring is 2. The second kappa shape index (κ2) is 8.28. The van der Waals surface area contributed by atoms with Crippen molar-refractivity contribution < 1.29 is 9.47 Å². The van der Waals surface area contributed by atoms with Crippen LogP contribution in [0.4, 0.5) is 10.3 Å². The SMILES string of the molecule is Nc1nc(-c2ccc(OCCOc3ccc(-c4csc(N)n4)cc3)cc2)cs1. The maximum atomic E-state index is 5.73. The maximum Gasteiger partial charge on any atom is 0.180 e. The molecular formula is C20H18N4O2S2. The standard InChI is InChI=1S/C20H18N4O2S2/c21-19-23-17(11-27-19)13-1-5-15(6-2-13)25-9-10-26-16-7-3-14(4-8-16)18-12-28-20(22)24-18/h1-8,11-12H,9-10H2,(H2,21,23)(H2,22,24). The van der Waals surface area contributed by atoms with Gasteiger partial charge in [0.2, 0.25) is 0 Å². The Labute approximate surface area is 170 Å². The summed E-state index contributed by atoms with van der Waals surface area (Å²) in [4.78, 5) is 8.54. The molecule has 2 heterocycles. The molecule has 2 aromatic heterocycles. The Hall–Kier alpha value is -3.10. The Balaban J connectivity index is 1.25. The van der Waals surface area contributed by atoms with Gasteiger partial charge in [-0.2, -0.15) is 0 Å². The highest BCUT2D eigenvalue weighted by Crippen LogP contribution is 2.26. The normalized spacial score (nSPS) is 10.7. The first-order chi connectivity index (χ1) is 13.7. The fourth-order valence-electron chi connectivity index (χ4n) is 2.60. The van der Waals surface area contributed by atoms with Gasteiger partial charge in [-0.3, -0.25) is 0 Å². The van der Waals surface area contributed by atoms with Crippen LogP contribution < -0.4 is 20.9 Å². The topological polar surface area (TPSA) is 96.3 Å². The highest BCUT2D eigenvalue weighted by atomic mass is 32.1. The van der Waals surface area contributed by atoms with Crippen LogP contribution in [0.15, 0.2) is 59.3 Å². The fourth-order valence-corrected chi connectivity index (χ4v) is 3.75. The average Bonchev–Trinajstić information content (AvgIpc) is 3.35. The molecule has 0 spiro atoms. The van der Waals surface area contributed by atoms with Crippen LogP contribution in [0.2, 0.25) is 0 Å². The van der Waals surface area contributed by atoms with E-state index in [0.29, 0.717) is 23.5 Å². The minimum atomic E-state index is 0.452. The molecule has 0 aliphatic rings. The van der Waals surface area contributed by atoms with E-state index in [1.54, 1.807) is 0 Å². The van der Waals surface area contributed by atoms with Crippen LogP contribution in [0.1, 0.15) is 0 Å². The molecule has 0 aliphatic heterocycles. The van der Waals surface area contributed by atoms with Gasteiger partial charge in [0.25, 0.3) is 0 Å². The van der Waals surface area contributed by atoms with Crippen LogP contribution in [0.3, 0.4) is 0 Å². The number of nitrogens with two attached hydrogens (primary N) is 2. The first kappa shape index (κ1) is 18.3. The molecule has 0 saturated carbocycles.